The number of carboxylic acid groups (broad SMARTS) is 1. The van der Waals surface area contributed by atoms with Crippen molar-refractivity contribution in [2.24, 2.45) is 12.8 Å². The van der Waals surface area contributed by atoms with Gasteiger partial charge < -0.3 is 10.8 Å². The molecule has 1 rings (SSSR count). The number of nitrogens with two attached hydrogens (primary N) is 1. The maximum Gasteiger partial charge on any atom is 0.320 e. The van der Waals surface area contributed by atoms with Crippen LogP contribution in [0.4, 0.5) is 0 Å². The second-order valence-corrected chi connectivity index (χ2v) is 4.10. The first-order valence-corrected chi connectivity index (χ1v) is 5.18. The first-order valence-electron chi connectivity index (χ1n) is 4.19. The van der Waals surface area contributed by atoms with Crippen LogP contribution in [0.25, 0.3) is 0 Å². The van der Waals surface area contributed by atoms with E-state index in [-0.39, 0.29) is 0 Å². The standard InChI is InChI=1S/C8H13N3O2S/c1-11-5-6(4-10-11)14-3-2-7(9)8(12)13/h4-5,7H,2-3,9H2,1H3,(H,12,13). The largest absolute Gasteiger partial charge is 0.480 e. The molecule has 1 aromatic rings. The van der Waals surface area contributed by atoms with Crippen molar-refractivity contribution in [3.05, 3.63) is 12.4 Å². The molecule has 1 unspecified atom stereocenters. The zero-order valence-corrected chi connectivity index (χ0v) is 8.70. The molecule has 0 saturated heterocycles. The van der Waals surface area contributed by atoms with Gasteiger partial charge in [-0.25, -0.2) is 0 Å². The van der Waals surface area contributed by atoms with Gasteiger partial charge in [-0.05, 0) is 6.42 Å². The molecule has 14 heavy (non-hydrogen) atoms. The highest BCUT2D eigenvalue weighted by atomic mass is 32.2. The molecule has 3 N–H and O–H groups in total. The normalized spacial score (nSPS) is 12.7. The summed E-state index contributed by atoms with van der Waals surface area (Å²) in [7, 11) is 1.84. The van der Waals surface area contributed by atoms with Crippen molar-refractivity contribution in [3.63, 3.8) is 0 Å². The topological polar surface area (TPSA) is 81.1 Å². The molecule has 6 heteroatoms. The molecule has 0 spiro atoms. The Morgan fingerprint density at radius 1 is 1.86 bits per heavy atom. The van der Waals surface area contributed by atoms with Gasteiger partial charge in [0.1, 0.15) is 6.04 Å². The molecule has 1 heterocycles. The third-order valence-corrected chi connectivity index (χ3v) is 2.68. The summed E-state index contributed by atoms with van der Waals surface area (Å²) >= 11 is 1.56. The number of carboxylic acids is 1. The van der Waals surface area contributed by atoms with Crippen molar-refractivity contribution in [1.82, 2.24) is 9.78 Å². The van der Waals surface area contributed by atoms with Gasteiger partial charge in [-0.15, -0.1) is 11.8 Å². The van der Waals surface area contributed by atoms with Gasteiger partial charge in [-0.1, -0.05) is 0 Å². The van der Waals surface area contributed by atoms with E-state index in [2.05, 4.69) is 5.10 Å². The fourth-order valence-corrected chi connectivity index (χ4v) is 1.86. The van der Waals surface area contributed by atoms with Gasteiger partial charge >= 0.3 is 5.97 Å². The van der Waals surface area contributed by atoms with Gasteiger partial charge in [-0.3, -0.25) is 9.48 Å². The van der Waals surface area contributed by atoms with Crippen LogP contribution < -0.4 is 5.73 Å². The summed E-state index contributed by atoms with van der Waals surface area (Å²) in [6, 6.07) is -0.765. The molecule has 0 bridgehead atoms. The summed E-state index contributed by atoms with van der Waals surface area (Å²) in [5, 5.41) is 12.5. The number of hydrogen-bond donors (Lipinski definition) is 2. The summed E-state index contributed by atoms with van der Waals surface area (Å²) in [5.41, 5.74) is 5.35. The Hall–Kier alpha value is -1.01. The number of aryl methyl sites for hydroxylation is 1. The zero-order valence-electron chi connectivity index (χ0n) is 7.88. The van der Waals surface area contributed by atoms with E-state index in [0.717, 1.165) is 4.90 Å². The minimum Gasteiger partial charge on any atom is -0.480 e. The smallest absolute Gasteiger partial charge is 0.320 e. The van der Waals surface area contributed by atoms with Crippen LogP contribution in [-0.2, 0) is 11.8 Å². The molecule has 0 aliphatic heterocycles. The number of nitrogens with zero attached hydrogens (tertiary/aromatic N) is 2. The molecule has 0 aliphatic rings. The zero-order chi connectivity index (χ0) is 10.6. The fraction of sp³-hybridized carbons (Fsp3) is 0.500. The Kier molecular flexibility index (Phi) is 3.97. The Morgan fingerprint density at radius 2 is 2.57 bits per heavy atom. The number of thioether (sulfide) groups is 1. The highest BCUT2D eigenvalue weighted by Crippen LogP contribution is 2.17. The lowest BCUT2D eigenvalue weighted by Gasteiger charge is -2.03. The fourth-order valence-electron chi connectivity index (χ4n) is 0.901. The van der Waals surface area contributed by atoms with Crippen LogP contribution in [0.5, 0.6) is 0 Å². The van der Waals surface area contributed by atoms with E-state index in [1.54, 1.807) is 22.6 Å². The molecule has 0 aliphatic carbocycles. The number of carbonyl (C=O) groups is 1. The summed E-state index contributed by atoms with van der Waals surface area (Å²) in [4.78, 5) is 11.4. The van der Waals surface area contributed by atoms with Gasteiger partial charge in [0, 0.05) is 23.9 Å². The molecule has 1 atom stereocenters. The van der Waals surface area contributed by atoms with Crippen LogP contribution in [0, 0.1) is 0 Å². The molecule has 1 aromatic heterocycles. The van der Waals surface area contributed by atoms with E-state index >= 15 is 0 Å². The quantitative estimate of drug-likeness (QED) is 0.691. The number of aliphatic carboxylic acids is 1. The first-order chi connectivity index (χ1) is 6.59. The highest BCUT2D eigenvalue weighted by Gasteiger charge is 2.10. The maximum absolute atomic E-state index is 10.4. The molecule has 0 radical (unpaired) electrons. The van der Waals surface area contributed by atoms with E-state index in [0.29, 0.717) is 12.2 Å². The maximum atomic E-state index is 10.4. The monoisotopic (exact) mass is 215 g/mol. The number of rotatable bonds is 5. The summed E-state index contributed by atoms with van der Waals surface area (Å²) in [6.07, 6.45) is 4.10. The summed E-state index contributed by atoms with van der Waals surface area (Å²) in [5.74, 6) is -0.254. The van der Waals surface area contributed by atoms with E-state index < -0.39 is 12.0 Å². The number of hydrogen-bond acceptors (Lipinski definition) is 4. The van der Waals surface area contributed by atoms with Gasteiger partial charge in [0.05, 0.1) is 6.20 Å². The molecule has 0 fully saturated rings. The Labute approximate surface area is 86.3 Å². The van der Waals surface area contributed by atoms with Gasteiger partial charge in [0.25, 0.3) is 0 Å². The Balaban J connectivity index is 2.25. The van der Waals surface area contributed by atoms with Crippen LogP contribution in [0.3, 0.4) is 0 Å². The average Bonchev–Trinajstić information content (AvgIpc) is 2.51. The molecular formula is C8H13N3O2S. The molecule has 0 saturated carbocycles. The van der Waals surface area contributed by atoms with Gasteiger partial charge in [-0.2, -0.15) is 5.10 Å². The van der Waals surface area contributed by atoms with Crippen molar-refractivity contribution < 1.29 is 9.90 Å². The first kappa shape index (κ1) is 11.1. The van der Waals surface area contributed by atoms with Crippen LogP contribution in [-0.4, -0.2) is 32.7 Å². The average molecular weight is 215 g/mol. The molecule has 5 nitrogen and oxygen atoms in total. The Morgan fingerprint density at radius 3 is 3.07 bits per heavy atom. The van der Waals surface area contributed by atoms with E-state index in [4.69, 9.17) is 10.8 Å². The SMILES string of the molecule is Cn1cc(SCCC(N)C(=O)O)cn1. The Bertz CT molecular complexity index is 313. The highest BCUT2D eigenvalue weighted by molar-refractivity contribution is 7.99. The van der Waals surface area contributed by atoms with Gasteiger partial charge in [0.2, 0.25) is 0 Å². The second kappa shape index (κ2) is 5.02. The van der Waals surface area contributed by atoms with Crippen molar-refractivity contribution in [2.75, 3.05) is 5.75 Å². The predicted molar refractivity (Wildman–Crippen MR) is 54.2 cm³/mol. The lowest BCUT2D eigenvalue weighted by Crippen LogP contribution is -2.30. The summed E-state index contributed by atoms with van der Waals surface area (Å²) in [6.45, 7) is 0. The number of aromatic nitrogens is 2. The molecule has 0 amide bonds. The van der Waals surface area contributed by atoms with E-state index in [1.165, 1.54) is 0 Å². The van der Waals surface area contributed by atoms with E-state index in [1.807, 2.05) is 13.2 Å². The molecule has 78 valence electrons. The lowest BCUT2D eigenvalue weighted by molar-refractivity contribution is -0.138. The van der Waals surface area contributed by atoms with E-state index in [9.17, 15) is 4.79 Å². The van der Waals surface area contributed by atoms with Crippen LogP contribution >= 0.6 is 11.8 Å². The van der Waals surface area contributed by atoms with Crippen molar-refractivity contribution in [2.45, 2.75) is 17.4 Å². The third-order valence-electron chi connectivity index (χ3n) is 1.70. The van der Waals surface area contributed by atoms with Crippen molar-refractivity contribution >= 4 is 17.7 Å². The van der Waals surface area contributed by atoms with Crippen LogP contribution in [0.1, 0.15) is 6.42 Å². The molecular weight excluding hydrogens is 202 g/mol. The van der Waals surface area contributed by atoms with Crippen molar-refractivity contribution in [1.29, 1.82) is 0 Å². The third kappa shape index (κ3) is 3.39. The van der Waals surface area contributed by atoms with Gasteiger partial charge in [0.15, 0.2) is 0 Å². The summed E-state index contributed by atoms with van der Waals surface area (Å²) < 4.78 is 1.71. The lowest BCUT2D eigenvalue weighted by atomic mass is 10.2. The molecule has 0 aromatic carbocycles. The van der Waals surface area contributed by atoms with Crippen LogP contribution in [0.15, 0.2) is 17.3 Å². The van der Waals surface area contributed by atoms with Crippen molar-refractivity contribution in [3.8, 4) is 0 Å². The van der Waals surface area contributed by atoms with Crippen LogP contribution in [0.2, 0.25) is 0 Å². The minimum atomic E-state index is -0.947. The minimum absolute atomic E-state index is 0.467. The second-order valence-electron chi connectivity index (χ2n) is 2.93. The predicted octanol–water partition coefficient (Wildman–Crippen LogP) is 0.314.